The van der Waals surface area contributed by atoms with Crippen LogP contribution in [0.3, 0.4) is 0 Å². The van der Waals surface area contributed by atoms with Crippen LogP contribution in [0.4, 0.5) is 0 Å². The first kappa shape index (κ1) is 12.2. The van der Waals surface area contributed by atoms with E-state index in [1.165, 1.54) is 0 Å². The fourth-order valence-electron chi connectivity index (χ4n) is 2.44. The first-order valence-corrected chi connectivity index (χ1v) is 6.58. The number of rotatable bonds is 1. The van der Waals surface area contributed by atoms with Gasteiger partial charge in [-0.25, -0.2) is 4.79 Å². The van der Waals surface area contributed by atoms with E-state index < -0.39 is 0 Å². The third kappa shape index (κ3) is 2.24. The Morgan fingerprint density at radius 2 is 1.95 bits per heavy atom. The van der Waals surface area contributed by atoms with E-state index in [0.29, 0.717) is 17.0 Å². The molecule has 0 spiro atoms. The molecule has 0 amide bonds. The predicted octanol–water partition coefficient (Wildman–Crippen LogP) is 4.10. The molecule has 1 unspecified atom stereocenters. The Morgan fingerprint density at radius 1 is 1.21 bits per heavy atom. The van der Waals surface area contributed by atoms with Crippen molar-refractivity contribution in [1.29, 1.82) is 0 Å². The van der Waals surface area contributed by atoms with Crippen molar-refractivity contribution < 1.29 is 9.53 Å². The summed E-state index contributed by atoms with van der Waals surface area (Å²) >= 11 is 6.26. The van der Waals surface area contributed by atoms with Crippen molar-refractivity contribution in [2.45, 2.75) is 19.4 Å². The van der Waals surface area contributed by atoms with E-state index in [2.05, 4.69) is 0 Å². The summed E-state index contributed by atoms with van der Waals surface area (Å²) in [5.41, 5.74) is 3.45. The molecule has 2 nitrogen and oxygen atoms in total. The number of fused-ring (bicyclic) bond motifs is 1. The number of cyclic esters (lactones) is 1. The van der Waals surface area contributed by atoms with Gasteiger partial charge in [0.25, 0.3) is 0 Å². The van der Waals surface area contributed by atoms with Crippen molar-refractivity contribution in [2.75, 3.05) is 0 Å². The Bertz CT molecular complexity index is 635. The molecule has 1 atom stereocenters. The fourth-order valence-corrected chi connectivity index (χ4v) is 2.79. The van der Waals surface area contributed by atoms with Gasteiger partial charge in [-0.1, -0.05) is 41.9 Å². The lowest BCUT2D eigenvalue weighted by Gasteiger charge is -2.26. The van der Waals surface area contributed by atoms with E-state index in [1.54, 1.807) is 0 Å². The van der Waals surface area contributed by atoms with Gasteiger partial charge in [-0.15, -0.1) is 0 Å². The molecular formula is C16H13ClO2. The summed E-state index contributed by atoms with van der Waals surface area (Å²) in [5, 5.41) is 0.646. The molecule has 0 saturated heterocycles. The molecule has 3 rings (SSSR count). The Morgan fingerprint density at radius 3 is 2.68 bits per heavy atom. The zero-order valence-electron chi connectivity index (χ0n) is 10.5. The van der Waals surface area contributed by atoms with E-state index in [1.807, 2.05) is 49.4 Å². The monoisotopic (exact) mass is 272 g/mol. The lowest BCUT2D eigenvalue weighted by Crippen LogP contribution is -2.22. The van der Waals surface area contributed by atoms with E-state index >= 15 is 0 Å². The number of aryl methyl sites for hydroxylation is 1. The molecule has 0 bridgehead atoms. The minimum absolute atomic E-state index is 0.249. The molecule has 0 N–H and O–H groups in total. The van der Waals surface area contributed by atoms with Gasteiger partial charge in [-0.2, -0.15) is 0 Å². The number of carbonyl (C=O) groups excluding carboxylic acids is 1. The Hall–Kier alpha value is -1.80. The van der Waals surface area contributed by atoms with Crippen LogP contribution in [-0.2, 0) is 11.2 Å². The van der Waals surface area contributed by atoms with Crippen LogP contribution in [0, 0.1) is 6.92 Å². The molecule has 0 saturated carbocycles. The van der Waals surface area contributed by atoms with Crippen molar-refractivity contribution in [2.24, 2.45) is 0 Å². The van der Waals surface area contributed by atoms with Crippen molar-refractivity contribution in [3.8, 4) is 0 Å². The summed E-state index contributed by atoms with van der Waals surface area (Å²) in [6, 6.07) is 13.5. The molecule has 96 valence electrons. The number of esters is 1. The Labute approximate surface area is 117 Å². The number of halogens is 1. The first-order chi connectivity index (χ1) is 9.15. The summed E-state index contributed by atoms with van der Waals surface area (Å²) in [4.78, 5) is 12.1. The average Bonchev–Trinajstić information content (AvgIpc) is 2.41. The minimum atomic E-state index is -0.291. The normalized spacial score (nSPS) is 17.8. The molecule has 1 aliphatic rings. The topological polar surface area (TPSA) is 26.3 Å². The second-order valence-corrected chi connectivity index (χ2v) is 5.19. The molecule has 1 heterocycles. The van der Waals surface area contributed by atoms with Crippen LogP contribution >= 0.6 is 11.6 Å². The zero-order valence-corrected chi connectivity index (χ0v) is 11.3. The van der Waals surface area contributed by atoms with Gasteiger partial charge in [0.05, 0.1) is 5.56 Å². The summed E-state index contributed by atoms with van der Waals surface area (Å²) in [7, 11) is 0. The largest absolute Gasteiger partial charge is 0.454 e. The number of carbonyl (C=O) groups is 1. The third-order valence-corrected chi connectivity index (χ3v) is 3.71. The number of benzene rings is 2. The molecular weight excluding hydrogens is 260 g/mol. The van der Waals surface area contributed by atoms with Gasteiger partial charge in [-0.05, 0) is 35.7 Å². The van der Waals surface area contributed by atoms with Crippen molar-refractivity contribution in [1.82, 2.24) is 0 Å². The quantitative estimate of drug-likeness (QED) is 0.731. The highest BCUT2D eigenvalue weighted by molar-refractivity contribution is 6.32. The smallest absolute Gasteiger partial charge is 0.339 e. The molecule has 2 aromatic rings. The minimum Gasteiger partial charge on any atom is -0.454 e. The highest BCUT2D eigenvalue weighted by Crippen LogP contribution is 2.34. The first-order valence-electron chi connectivity index (χ1n) is 6.20. The number of ether oxygens (including phenoxy) is 1. The van der Waals surface area contributed by atoms with Crippen LogP contribution in [0.2, 0.25) is 5.02 Å². The van der Waals surface area contributed by atoms with E-state index in [4.69, 9.17) is 16.3 Å². The lowest BCUT2D eigenvalue weighted by molar-refractivity contribution is 0.0253. The summed E-state index contributed by atoms with van der Waals surface area (Å²) in [5.74, 6) is -0.291. The molecule has 0 fully saturated rings. The molecule has 3 heteroatoms. The predicted molar refractivity (Wildman–Crippen MR) is 74.5 cm³/mol. The van der Waals surface area contributed by atoms with E-state index in [-0.39, 0.29) is 12.1 Å². The van der Waals surface area contributed by atoms with E-state index in [0.717, 1.165) is 16.7 Å². The van der Waals surface area contributed by atoms with Crippen LogP contribution in [0.1, 0.15) is 33.2 Å². The second-order valence-electron chi connectivity index (χ2n) is 4.78. The Kier molecular flexibility index (Phi) is 3.03. The van der Waals surface area contributed by atoms with Crippen LogP contribution < -0.4 is 0 Å². The van der Waals surface area contributed by atoms with Crippen LogP contribution in [-0.4, -0.2) is 5.97 Å². The zero-order chi connectivity index (χ0) is 13.4. The molecule has 0 aromatic heterocycles. The highest BCUT2D eigenvalue weighted by Gasteiger charge is 2.29. The van der Waals surface area contributed by atoms with Gasteiger partial charge >= 0.3 is 5.97 Å². The molecule has 0 aliphatic carbocycles. The molecule has 19 heavy (non-hydrogen) atoms. The fraction of sp³-hybridized carbons (Fsp3) is 0.188. The number of hydrogen-bond donors (Lipinski definition) is 0. The maximum Gasteiger partial charge on any atom is 0.339 e. The maximum atomic E-state index is 12.1. The maximum absolute atomic E-state index is 12.1. The summed E-state index contributed by atoms with van der Waals surface area (Å²) < 4.78 is 5.51. The van der Waals surface area contributed by atoms with Gasteiger partial charge < -0.3 is 4.74 Å². The molecule has 2 aromatic carbocycles. The van der Waals surface area contributed by atoms with Gasteiger partial charge in [0, 0.05) is 11.4 Å². The van der Waals surface area contributed by atoms with Crippen molar-refractivity contribution in [3.05, 3.63) is 69.7 Å². The lowest BCUT2D eigenvalue weighted by atomic mass is 9.93. The van der Waals surface area contributed by atoms with Gasteiger partial charge in [0.1, 0.15) is 6.10 Å². The van der Waals surface area contributed by atoms with E-state index in [9.17, 15) is 4.79 Å². The standard InChI is InChI=1S/C16H13ClO2/c1-10-7-13-12(14(17)8-10)9-15(19-16(13)18)11-5-3-2-4-6-11/h2-8,15H,9H2,1H3. The molecule has 0 radical (unpaired) electrons. The van der Waals surface area contributed by atoms with Crippen LogP contribution in [0.5, 0.6) is 0 Å². The average molecular weight is 273 g/mol. The third-order valence-electron chi connectivity index (χ3n) is 3.37. The number of hydrogen-bond acceptors (Lipinski definition) is 2. The van der Waals surface area contributed by atoms with Crippen molar-refractivity contribution >= 4 is 17.6 Å². The van der Waals surface area contributed by atoms with Gasteiger partial charge in [0.2, 0.25) is 0 Å². The van der Waals surface area contributed by atoms with Gasteiger partial charge in [-0.3, -0.25) is 0 Å². The van der Waals surface area contributed by atoms with Crippen LogP contribution in [0.15, 0.2) is 42.5 Å². The van der Waals surface area contributed by atoms with Crippen molar-refractivity contribution in [3.63, 3.8) is 0 Å². The summed E-state index contributed by atoms with van der Waals surface area (Å²) in [6.45, 7) is 1.92. The highest BCUT2D eigenvalue weighted by atomic mass is 35.5. The van der Waals surface area contributed by atoms with Crippen LogP contribution in [0.25, 0.3) is 0 Å². The Balaban J connectivity index is 2.03. The van der Waals surface area contributed by atoms with Gasteiger partial charge in [0.15, 0.2) is 0 Å². The second kappa shape index (κ2) is 4.71. The summed E-state index contributed by atoms with van der Waals surface area (Å²) in [6.07, 6.45) is 0.380. The molecule has 1 aliphatic heterocycles. The SMILES string of the molecule is Cc1cc(Cl)c2c(c1)C(=O)OC(c1ccccc1)C2.